The molecule has 0 aromatic carbocycles. The van der Waals surface area contributed by atoms with Crippen LogP contribution in [0.3, 0.4) is 0 Å². The molecule has 5 nitrogen and oxygen atoms in total. The van der Waals surface area contributed by atoms with Crippen molar-refractivity contribution in [2.75, 3.05) is 0 Å². The van der Waals surface area contributed by atoms with Gasteiger partial charge in [0.2, 0.25) is 5.88 Å². The molecule has 0 unspecified atom stereocenters. The third-order valence-corrected chi connectivity index (χ3v) is 2.44. The zero-order chi connectivity index (χ0) is 13.9. The highest BCUT2D eigenvalue weighted by atomic mass is 16.5. The molecule has 98 valence electrons. The summed E-state index contributed by atoms with van der Waals surface area (Å²) in [4.78, 5) is 14.7. The standard InChI is InChI=1S/C14H16N4O/c1-14(2,3)19-13-11-10(6-5-7-15-4)8-16-12(11)17-9-18-13/h5,7-9H,6H2,1-3H3,(H,16,17,18)/b7-5-. The number of ether oxygens (including phenoxy) is 1. The Balaban J connectivity index is 2.44. The van der Waals surface area contributed by atoms with E-state index in [4.69, 9.17) is 11.3 Å². The lowest BCUT2D eigenvalue weighted by molar-refractivity contribution is 0.126. The van der Waals surface area contributed by atoms with Crippen LogP contribution in [0, 0.1) is 6.57 Å². The van der Waals surface area contributed by atoms with Crippen LogP contribution in [0.25, 0.3) is 15.9 Å². The topological polar surface area (TPSA) is 55.2 Å². The summed E-state index contributed by atoms with van der Waals surface area (Å²) in [5.74, 6) is 0.574. The van der Waals surface area contributed by atoms with Crippen LogP contribution in [0.1, 0.15) is 26.3 Å². The molecule has 2 aromatic rings. The number of nitrogens with zero attached hydrogens (tertiary/aromatic N) is 3. The summed E-state index contributed by atoms with van der Waals surface area (Å²) in [7, 11) is 0. The van der Waals surface area contributed by atoms with Gasteiger partial charge in [0.1, 0.15) is 17.6 Å². The lowest BCUT2D eigenvalue weighted by Gasteiger charge is -2.20. The molecule has 0 saturated heterocycles. The summed E-state index contributed by atoms with van der Waals surface area (Å²) in [6, 6.07) is 0. The molecular weight excluding hydrogens is 240 g/mol. The lowest BCUT2D eigenvalue weighted by Crippen LogP contribution is -2.23. The fourth-order valence-corrected chi connectivity index (χ4v) is 1.76. The van der Waals surface area contributed by atoms with Gasteiger partial charge in [-0.2, -0.15) is 0 Å². The number of aromatic amines is 1. The molecule has 0 saturated carbocycles. The maximum atomic E-state index is 6.74. The summed E-state index contributed by atoms with van der Waals surface area (Å²) >= 11 is 0. The molecule has 2 heterocycles. The highest BCUT2D eigenvalue weighted by Crippen LogP contribution is 2.28. The maximum absolute atomic E-state index is 6.74. The molecule has 0 aliphatic rings. The first-order valence-electron chi connectivity index (χ1n) is 6.03. The number of allylic oxidation sites excluding steroid dienone is 1. The molecule has 0 bridgehead atoms. The predicted octanol–water partition coefficient (Wildman–Crippen LogP) is 3.11. The van der Waals surface area contributed by atoms with E-state index >= 15 is 0 Å². The van der Waals surface area contributed by atoms with Gasteiger partial charge in [0.05, 0.1) is 12.0 Å². The Morgan fingerprint density at radius 1 is 1.42 bits per heavy atom. The quantitative estimate of drug-likeness (QED) is 0.858. The van der Waals surface area contributed by atoms with E-state index in [0.29, 0.717) is 12.3 Å². The highest BCUT2D eigenvalue weighted by molar-refractivity contribution is 5.84. The molecule has 1 N–H and O–H groups in total. The number of hydrogen-bond donors (Lipinski definition) is 1. The molecule has 5 heteroatoms. The fourth-order valence-electron chi connectivity index (χ4n) is 1.76. The van der Waals surface area contributed by atoms with Gasteiger partial charge in [-0.25, -0.2) is 14.8 Å². The Hall–Kier alpha value is -2.35. The van der Waals surface area contributed by atoms with Crippen LogP contribution in [-0.2, 0) is 6.42 Å². The summed E-state index contributed by atoms with van der Waals surface area (Å²) in [5, 5.41) is 0.882. The van der Waals surface area contributed by atoms with Crippen molar-refractivity contribution in [3.8, 4) is 5.88 Å². The summed E-state index contributed by atoms with van der Waals surface area (Å²) in [6.45, 7) is 12.7. The van der Waals surface area contributed by atoms with E-state index in [2.05, 4.69) is 19.8 Å². The van der Waals surface area contributed by atoms with Gasteiger partial charge in [0.15, 0.2) is 6.20 Å². The van der Waals surface area contributed by atoms with Gasteiger partial charge in [-0.15, -0.1) is 0 Å². The number of fused-ring (bicyclic) bond motifs is 1. The number of rotatable bonds is 3. The Kier molecular flexibility index (Phi) is 3.52. The van der Waals surface area contributed by atoms with Crippen molar-refractivity contribution < 1.29 is 4.74 Å². The second kappa shape index (κ2) is 5.11. The molecule has 0 spiro atoms. The maximum Gasteiger partial charge on any atom is 0.226 e. The predicted molar refractivity (Wildman–Crippen MR) is 73.7 cm³/mol. The van der Waals surface area contributed by atoms with E-state index in [1.807, 2.05) is 33.0 Å². The second-order valence-electron chi connectivity index (χ2n) is 5.15. The molecule has 0 radical (unpaired) electrons. The molecule has 0 fully saturated rings. The van der Waals surface area contributed by atoms with E-state index < -0.39 is 0 Å². The van der Waals surface area contributed by atoms with Crippen molar-refractivity contribution in [2.24, 2.45) is 0 Å². The third-order valence-electron chi connectivity index (χ3n) is 2.44. The van der Waals surface area contributed by atoms with Gasteiger partial charge in [0.25, 0.3) is 0 Å². The minimum absolute atomic E-state index is 0.317. The fraction of sp³-hybridized carbons (Fsp3) is 0.357. The largest absolute Gasteiger partial charge is 0.471 e. The smallest absolute Gasteiger partial charge is 0.226 e. The van der Waals surface area contributed by atoms with Crippen LogP contribution >= 0.6 is 0 Å². The summed E-state index contributed by atoms with van der Waals surface area (Å²) < 4.78 is 5.86. The van der Waals surface area contributed by atoms with Crippen molar-refractivity contribution in [3.05, 3.63) is 41.8 Å². The number of H-pyrrole nitrogens is 1. The Morgan fingerprint density at radius 3 is 2.89 bits per heavy atom. The van der Waals surface area contributed by atoms with Crippen molar-refractivity contribution in [1.29, 1.82) is 0 Å². The normalized spacial score (nSPS) is 11.9. The molecule has 0 amide bonds. The van der Waals surface area contributed by atoms with Crippen molar-refractivity contribution in [2.45, 2.75) is 32.8 Å². The van der Waals surface area contributed by atoms with Gasteiger partial charge in [0, 0.05) is 6.20 Å². The monoisotopic (exact) mass is 256 g/mol. The third kappa shape index (κ3) is 3.10. The van der Waals surface area contributed by atoms with E-state index in [-0.39, 0.29) is 5.60 Å². The van der Waals surface area contributed by atoms with Crippen LogP contribution in [-0.4, -0.2) is 20.6 Å². The van der Waals surface area contributed by atoms with Crippen LogP contribution in [0.2, 0.25) is 0 Å². The minimum atomic E-state index is -0.317. The molecule has 2 aromatic heterocycles. The minimum Gasteiger partial charge on any atom is -0.471 e. The average molecular weight is 256 g/mol. The van der Waals surface area contributed by atoms with Gasteiger partial charge in [-0.1, -0.05) is 6.08 Å². The Labute approximate surface area is 112 Å². The molecule has 19 heavy (non-hydrogen) atoms. The van der Waals surface area contributed by atoms with Gasteiger partial charge in [-0.3, -0.25) is 0 Å². The highest BCUT2D eigenvalue weighted by Gasteiger charge is 2.17. The zero-order valence-electron chi connectivity index (χ0n) is 11.3. The SMILES string of the molecule is [C-]#[N+]/C=C\Cc1c[nH]c2ncnc(OC(C)(C)C)c12. The average Bonchev–Trinajstić information content (AvgIpc) is 2.72. The first-order chi connectivity index (χ1) is 9.01. The summed E-state index contributed by atoms with van der Waals surface area (Å²) in [6.07, 6.45) is 7.27. The van der Waals surface area contributed by atoms with Gasteiger partial charge in [-0.05, 0) is 32.8 Å². The number of aromatic nitrogens is 3. The number of hydrogen-bond acceptors (Lipinski definition) is 3. The van der Waals surface area contributed by atoms with Crippen molar-refractivity contribution >= 4 is 11.0 Å². The van der Waals surface area contributed by atoms with E-state index in [1.54, 1.807) is 0 Å². The number of nitrogens with one attached hydrogen (secondary N) is 1. The van der Waals surface area contributed by atoms with Gasteiger partial charge >= 0.3 is 0 Å². The van der Waals surface area contributed by atoms with E-state index in [0.717, 1.165) is 16.6 Å². The van der Waals surface area contributed by atoms with Crippen molar-refractivity contribution in [3.63, 3.8) is 0 Å². The Bertz CT molecular complexity index is 643. The van der Waals surface area contributed by atoms with E-state index in [1.165, 1.54) is 12.5 Å². The Morgan fingerprint density at radius 2 is 2.21 bits per heavy atom. The van der Waals surface area contributed by atoms with Crippen LogP contribution in [0.4, 0.5) is 0 Å². The van der Waals surface area contributed by atoms with Crippen LogP contribution < -0.4 is 4.74 Å². The molecule has 0 atom stereocenters. The molecule has 2 rings (SSSR count). The summed E-state index contributed by atoms with van der Waals surface area (Å²) in [5.41, 5.74) is 1.46. The lowest BCUT2D eigenvalue weighted by atomic mass is 10.1. The zero-order valence-corrected chi connectivity index (χ0v) is 11.3. The first-order valence-corrected chi connectivity index (χ1v) is 6.03. The molecule has 0 aliphatic carbocycles. The van der Waals surface area contributed by atoms with Crippen LogP contribution in [0.15, 0.2) is 24.8 Å². The first kappa shape index (κ1) is 13.1. The molecular formula is C14H16N4O. The second-order valence-corrected chi connectivity index (χ2v) is 5.15. The van der Waals surface area contributed by atoms with Gasteiger partial charge < -0.3 is 9.72 Å². The van der Waals surface area contributed by atoms with E-state index in [9.17, 15) is 0 Å². The van der Waals surface area contributed by atoms with Crippen LogP contribution in [0.5, 0.6) is 5.88 Å². The molecule has 0 aliphatic heterocycles. The van der Waals surface area contributed by atoms with Crippen molar-refractivity contribution in [1.82, 2.24) is 15.0 Å².